The van der Waals surface area contributed by atoms with Crippen molar-refractivity contribution in [1.29, 1.82) is 0 Å². The molecule has 0 aromatic heterocycles. The maximum atomic E-state index is 11.9. The SMILES string of the molecule is C#CCCC#COC(=O)CCC(NC(=O)c1ccccc1)C(=O)O. The van der Waals surface area contributed by atoms with Crippen LogP contribution in [-0.4, -0.2) is 29.0 Å². The molecule has 0 radical (unpaired) electrons. The number of terminal acetylenes is 1. The highest BCUT2D eigenvalue weighted by Crippen LogP contribution is 2.04. The number of carbonyl (C=O) groups excluding carboxylic acids is 2. The summed E-state index contributed by atoms with van der Waals surface area (Å²) in [6.45, 7) is 0. The van der Waals surface area contributed by atoms with Gasteiger partial charge in [0.05, 0.1) is 0 Å². The molecule has 24 heavy (non-hydrogen) atoms. The lowest BCUT2D eigenvalue weighted by molar-refractivity contribution is -0.140. The van der Waals surface area contributed by atoms with Gasteiger partial charge in [-0.25, -0.2) is 4.79 Å². The maximum absolute atomic E-state index is 11.9. The number of benzene rings is 1. The number of esters is 1. The van der Waals surface area contributed by atoms with Crippen LogP contribution in [0.3, 0.4) is 0 Å². The lowest BCUT2D eigenvalue weighted by Crippen LogP contribution is -2.41. The molecule has 1 aromatic rings. The average molecular weight is 327 g/mol. The van der Waals surface area contributed by atoms with Crippen molar-refractivity contribution in [3.63, 3.8) is 0 Å². The molecule has 0 bridgehead atoms. The molecule has 0 spiro atoms. The fourth-order valence-electron chi connectivity index (χ4n) is 1.68. The van der Waals surface area contributed by atoms with E-state index in [1.807, 2.05) is 0 Å². The van der Waals surface area contributed by atoms with E-state index in [9.17, 15) is 14.4 Å². The van der Waals surface area contributed by atoms with Crippen molar-refractivity contribution >= 4 is 17.8 Å². The largest absolute Gasteiger partial charge is 0.480 e. The molecule has 1 aromatic carbocycles. The first-order valence-corrected chi connectivity index (χ1v) is 7.24. The topological polar surface area (TPSA) is 92.7 Å². The molecule has 1 amide bonds. The van der Waals surface area contributed by atoms with E-state index in [1.165, 1.54) is 0 Å². The Labute approximate surface area is 140 Å². The highest BCUT2D eigenvalue weighted by atomic mass is 16.5. The maximum Gasteiger partial charge on any atom is 0.326 e. The summed E-state index contributed by atoms with van der Waals surface area (Å²) in [7, 11) is 0. The quantitative estimate of drug-likeness (QED) is 0.450. The second kappa shape index (κ2) is 10.5. The number of carboxylic acids is 1. The summed E-state index contributed by atoms with van der Waals surface area (Å²) in [5.74, 6) is 2.54. The number of amides is 1. The molecule has 1 unspecified atom stereocenters. The highest BCUT2D eigenvalue weighted by molar-refractivity contribution is 5.96. The number of hydrogen-bond acceptors (Lipinski definition) is 4. The molecule has 0 aliphatic rings. The van der Waals surface area contributed by atoms with Crippen LogP contribution in [0.25, 0.3) is 0 Å². The van der Waals surface area contributed by atoms with Crippen LogP contribution in [0.15, 0.2) is 30.3 Å². The van der Waals surface area contributed by atoms with Gasteiger partial charge < -0.3 is 15.2 Å². The van der Waals surface area contributed by atoms with Crippen LogP contribution in [0.4, 0.5) is 0 Å². The molecule has 0 aliphatic carbocycles. The van der Waals surface area contributed by atoms with Crippen molar-refractivity contribution < 1.29 is 24.2 Å². The van der Waals surface area contributed by atoms with Crippen LogP contribution in [-0.2, 0) is 14.3 Å². The van der Waals surface area contributed by atoms with Crippen LogP contribution in [0.2, 0.25) is 0 Å². The Kier molecular flexibility index (Phi) is 8.20. The van der Waals surface area contributed by atoms with E-state index < -0.39 is 23.9 Å². The molecule has 0 fully saturated rings. The molecule has 6 nitrogen and oxygen atoms in total. The Bertz CT molecular complexity index is 679. The second-order valence-electron chi connectivity index (χ2n) is 4.73. The summed E-state index contributed by atoms with van der Waals surface area (Å²) in [4.78, 5) is 34.6. The van der Waals surface area contributed by atoms with Crippen molar-refractivity contribution in [2.75, 3.05) is 0 Å². The van der Waals surface area contributed by atoms with Crippen LogP contribution in [0, 0.1) is 24.4 Å². The Balaban J connectivity index is 2.47. The third kappa shape index (κ3) is 7.15. The summed E-state index contributed by atoms with van der Waals surface area (Å²) in [6, 6.07) is 7.01. The van der Waals surface area contributed by atoms with Crippen LogP contribution in [0.5, 0.6) is 0 Å². The standard InChI is InChI=1S/C18H17NO5/c1-2-3-4-8-13-24-16(20)12-11-15(18(22)23)19-17(21)14-9-6-5-7-10-14/h1,5-7,9-10,15H,3-4,11-12H2,(H,19,21)(H,22,23). The van der Waals surface area contributed by atoms with Crippen molar-refractivity contribution in [2.24, 2.45) is 0 Å². The number of aliphatic carboxylic acids is 1. The van der Waals surface area contributed by atoms with E-state index >= 15 is 0 Å². The van der Waals surface area contributed by atoms with Crippen molar-refractivity contribution in [1.82, 2.24) is 5.32 Å². The zero-order valence-electron chi connectivity index (χ0n) is 13.0. The fourth-order valence-corrected chi connectivity index (χ4v) is 1.68. The van der Waals surface area contributed by atoms with Gasteiger partial charge in [-0.2, -0.15) is 0 Å². The molecular formula is C18H17NO5. The lowest BCUT2D eigenvalue weighted by Gasteiger charge is -2.13. The van der Waals surface area contributed by atoms with Gasteiger partial charge in [0, 0.05) is 24.8 Å². The number of ether oxygens (including phenoxy) is 1. The zero-order chi connectivity index (χ0) is 17.8. The number of nitrogens with one attached hydrogen (secondary N) is 1. The first kappa shape index (κ1) is 18.8. The number of rotatable bonds is 7. The van der Waals surface area contributed by atoms with E-state index in [0.717, 1.165) is 0 Å². The van der Waals surface area contributed by atoms with Crippen molar-refractivity contribution in [2.45, 2.75) is 31.7 Å². The number of carboxylic acid groups (broad SMARTS) is 1. The van der Waals surface area contributed by atoms with Gasteiger partial charge in [0.15, 0.2) is 0 Å². The van der Waals surface area contributed by atoms with Gasteiger partial charge in [-0.15, -0.1) is 12.3 Å². The third-order valence-corrected chi connectivity index (χ3v) is 2.91. The zero-order valence-corrected chi connectivity index (χ0v) is 13.0. The predicted molar refractivity (Wildman–Crippen MR) is 86.5 cm³/mol. The molecule has 1 atom stereocenters. The van der Waals surface area contributed by atoms with Gasteiger partial charge in [-0.05, 0) is 18.6 Å². The van der Waals surface area contributed by atoms with Gasteiger partial charge >= 0.3 is 11.9 Å². The van der Waals surface area contributed by atoms with Crippen molar-refractivity contribution in [3.05, 3.63) is 35.9 Å². The first-order valence-electron chi connectivity index (χ1n) is 7.24. The van der Waals surface area contributed by atoms with E-state index in [1.54, 1.807) is 30.3 Å². The van der Waals surface area contributed by atoms with Gasteiger partial charge in [0.2, 0.25) is 0 Å². The van der Waals surface area contributed by atoms with Crippen LogP contribution < -0.4 is 5.32 Å². The van der Waals surface area contributed by atoms with Gasteiger partial charge in [0.25, 0.3) is 5.91 Å². The molecular weight excluding hydrogens is 310 g/mol. The minimum Gasteiger partial charge on any atom is -0.480 e. The molecule has 0 heterocycles. The number of carbonyl (C=O) groups is 3. The first-order chi connectivity index (χ1) is 11.5. The van der Waals surface area contributed by atoms with Crippen molar-refractivity contribution in [3.8, 4) is 24.4 Å². The molecule has 1 rings (SSSR count). The molecule has 0 saturated heterocycles. The van der Waals surface area contributed by atoms with E-state index in [2.05, 4.69) is 28.0 Å². The summed E-state index contributed by atoms with van der Waals surface area (Å²) < 4.78 is 4.63. The second-order valence-corrected chi connectivity index (χ2v) is 4.73. The Hall–Kier alpha value is -3.25. The smallest absolute Gasteiger partial charge is 0.326 e. The van der Waals surface area contributed by atoms with Gasteiger partial charge in [-0.3, -0.25) is 9.59 Å². The van der Waals surface area contributed by atoms with Gasteiger partial charge in [0.1, 0.15) is 12.1 Å². The molecule has 0 saturated carbocycles. The van der Waals surface area contributed by atoms with Crippen LogP contribution >= 0.6 is 0 Å². The minimum absolute atomic E-state index is 0.0984. The Morgan fingerprint density at radius 3 is 2.54 bits per heavy atom. The summed E-state index contributed by atoms with van der Waals surface area (Å²) in [6.07, 6.45) is 7.84. The van der Waals surface area contributed by atoms with Crippen LogP contribution in [0.1, 0.15) is 36.0 Å². The Morgan fingerprint density at radius 2 is 1.92 bits per heavy atom. The lowest BCUT2D eigenvalue weighted by atomic mass is 10.1. The summed E-state index contributed by atoms with van der Waals surface area (Å²) in [5.41, 5.74) is 0.339. The average Bonchev–Trinajstić information content (AvgIpc) is 2.58. The predicted octanol–water partition coefficient (Wildman–Crippen LogP) is 1.57. The minimum atomic E-state index is -1.23. The molecule has 124 valence electrons. The Morgan fingerprint density at radius 1 is 1.21 bits per heavy atom. The monoisotopic (exact) mass is 327 g/mol. The molecule has 0 aliphatic heterocycles. The molecule has 6 heteroatoms. The summed E-state index contributed by atoms with van der Waals surface area (Å²) in [5, 5.41) is 11.5. The highest BCUT2D eigenvalue weighted by Gasteiger charge is 2.21. The number of hydrogen-bond donors (Lipinski definition) is 2. The normalized spacial score (nSPS) is 10.5. The summed E-state index contributed by atoms with van der Waals surface area (Å²) >= 11 is 0. The van der Waals surface area contributed by atoms with E-state index in [0.29, 0.717) is 18.4 Å². The molecule has 2 N–H and O–H groups in total. The fraction of sp³-hybridized carbons (Fsp3) is 0.278. The van der Waals surface area contributed by atoms with E-state index in [-0.39, 0.29) is 12.8 Å². The third-order valence-electron chi connectivity index (χ3n) is 2.91. The van der Waals surface area contributed by atoms with Gasteiger partial charge in [-0.1, -0.05) is 24.1 Å². The number of unbranched alkanes of at least 4 members (excludes halogenated alkanes) is 1. The van der Waals surface area contributed by atoms with E-state index in [4.69, 9.17) is 11.5 Å².